The number of benzene rings is 1. The average Bonchev–Trinajstić information content (AvgIpc) is 2.78. The Morgan fingerprint density at radius 1 is 1.33 bits per heavy atom. The van der Waals surface area contributed by atoms with E-state index in [1.807, 2.05) is 6.07 Å². The molecular weight excluding hydrogens is 248 g/mol. The molecule has 0 aliphatic rings. The quantitative estimate of drug-likeness (QED) is 0.897. The van der Waals surface area contributed by atoms with Gasteiger partial charge in [-0.05, 0) is 23.8 Å². The van der Waals surface area contributed by atoms with Crippen LogP contribution >= 0.6 is 11.8 Å². The largest absolute Gasteiger partial charge is 0.507 e. The molecule has 0 saturated carbocycles. The Bertz CT molecular complexity index is 511. The van der Waals surface area contributed by atoms with Crippen molar-refractivity contribution in [1.82, 2.24) is 10.1 Å². The molecule has 0 spiro atoms. The molecule has 0 amide bonds. The van der Waals surface area contributed by atoms with Gasteiger partial charge in [-0.3, -0.25) is 0 Å². The first-order valence-corrected chi connectivity index (χ1v) is 7.01. The monoisotopic (exact) mass is 264 g/mol. The third-order valence-electron chi connectivity index (χ3n) is 2.28. The maximum atomic E-state index is 9.69. The number of phenolic OH excluding ortho intramolecular Hbond substituents is 1. The summed E-state index contributed by atoms with van der Waals surface area (Å²) in [6, 6.07) is 6.95. The zero-order valence-electron chi connectivity index (χ0n) is 10.5. The maximum Gasteiger partial charge on any atom is 0.261 e. The number of nitrogens with zero attached hydrogens (tertiary/aromatic N) is 2. The van der Waals surface area contributed by atoms with Crippen LogP contribution in [0.3, 0.4) is 0 Å². The molecule has 96 valence electrons. The van der Waals surface area contributed by atoms with Gasteiger partial charge in [0.05, 0.1) is 11.3 Å². The molecule has 1 heterocycles. The van der Waals surface area contributed by atoms with Crippen LogP contribution in [-0.4, -0.2) is 21.0 Å². The van der Waals surface area contributed by atoms with Crippen LogP contribution in [0.25, 0.3) is 11.5 Å². The number of thioether (sulfide) groups is 1. The van der Waals surface area contributed by atoms with Gasteiger partial charge >= 0.3 is 0 Å². The lowest BCUT2D eigenvalue weighted by Gasteiger charge is -2.00. The third kappa shape index (κ3) is 3.26. The van der Waals surface area contributed by atoms with E-state index >= 15 is 0 Å². The third-order valence-corrected chi connectivity index (χ3v) is 3.65. The molecule has 1 aromatic carbocycles. The van der Waals surface area contributed by atoms with E-state index in [0.29, 0.717) is 23.2 Å². The number of aromatic hydroxyl groups is 1. The Labute approximate surface area is 110 Å². The van der Waals surface area contributed by atoms with E-state index in [4.69, 9.17) is 4.52 Å². The lowest BCUT2D eigenvalue weighted by Crippen LogP contribution is -1.92. The van der Waals surface area contributed by atoms with Crippen molar-refractivity contribution >= 4 is 11.8 Å². The zero-order chi connectivity index (χ0) is 13.0. The highest BCUT2D eigenvalue weighted by Gasteiger charge is 2.12. The normalized spacial score (nSPS) is 11.1. The molecular formula is C13H16N2O2S. The fourth-order valence-corrected chi connectivity index (χ4v) is 2.35. The molecule has 2 aromatic rings. The van der Waals surface area contributed by atoms with Crippen molar-refractivity contribution in [3.63, 3.8) is 0 Å². The Balaban J connectivity index is 2.04. The lowest BCUT2D eigenvalue weighted by molar-refractivity contribution is 0.419. The minimum atomic E-state index is 0.155. The fraction of sp³-hybridized carbons (Fsp3) is 0.385. The summed E-state index contributed by atoms with van der Waals surface area (Å²) in [6.45, 7) is 4.35. The Morgan fingerprint density at radius 2 is 2.11 bits per heavy atom. The molecule has 0 saturated heterocycles. The summed E-state index contributed by atoms with van der Waals surface area (Å²) < 4.78 is 5.15. The molecule has 0 fully saturated rings. The van der Waals surface area contributed by atoms with Gasteiger partial charge in [0, 0.05) is 0 Å². The summed E-state index contributed by atoms with van der Waals surface area (Å²) >= 11 is 1.78. The number of para-hydroxylation sites is 1. The molecule has 0 aliphatic carbocycles. The number of hydrogen-bond donors (Lipinski definition) is 1. The van der Waals surface area contributed by atoms with E-state index in [1.54, 1.807) is 30.0 Å². The van der Waals surface area contributed by atoms with Crippen LogP contribution in [0.5, 0.6) is 5.75 Å². The van der Waals surface area contributed by atoms with Crippen molar-refractivity contribution < 1.29 is 9.63 Å². The summed E-state index contributed by atoms with van der Waals surface area (Å²) in [6.07, 6.45) is 0. The van der Waals surface area contributed by atoms with Crippen molar-refractivity contribution in [2.45, 2.75) is 19.6 Å². The molecule has 0 aliphatic heterocycles. The van der Waals surface area contributed by atoms with Crippen LogP contribution in [0.4, 0.5) is 0 Å². The number of aromatic nitrogens is 2. The van der Waals surface area contributed by atoms with Gasteiger partial charge in [-0.25, -0.2) is 0 Å². The van der Waals surface area contributed by atoms with Gasteiger partial charge in [-0.15, -0.1) is 0 Å². The van der Waals surface area contributed by atoms with Gasteiger partial charge in [0.25, 0.3) is 5.89 Å². The molecule has 0 atom stereocenters. The van der Waals surface area contributed by atoms with Crippen LogP contribution in [-0.2, 0) is 5.75 Å². The van der Waals surface area contributed by atoms with Gasteiger partial charge in [0.2, 0.25) is 0 Å². The highest BCUT2D eigenvalue weighted by atomic mass is 32.2. The van der Waals surface area contributed by atoms with Crippen LogP contribution in [0.2, 0.25) is 0 Å². The Morgan fingerprint density at radius 3 is 2.83 bits per heavy atom. The van der Waals surface area contributed by atoms with Crippen molar-refractivity contribution in [1.29, 1.82) is 0 Å². The van der Waals surface area contributed by atoms with Gasteiger partial charge in [0.15, 0.2) is 5.82 Å². The van der Waals surface area contributed by atoms with Gasteiger partial charge in [-0.1, -0.05) is 31.1 Å². The second-order valence-electron chi connectivity index (χ2n) is 4.44. The van der Waals surface area contributed by atoms with Gasteiger partial charge in [0.1, 0.15) is 5.75 Å². The van der Waals surface area contributed by atoms with Crippen molar-refractivity contribution in [2.24, 2.45) is 5.92 Å². The summed E-state index contributed by atoms with van der Waals surface area (Å²) in [4.78, 5) is 4.28. The molecule has 18 heavy (non-hydrogen) atoms. The molecule has 2 rings (SSSR count). The van der Waals surface area contributed by atoms with E-state index in [-0.39, 0.29) is 5.75 Å². The smallest absolute Gasteiger partial charge is 0.261 e. The molecule has 1 aromatic heterocycles. The van der Waals surface area contributed by atoms with Gasteiger partial charge in [-0.2, -0.15) is 16.7 Å². The van der Waals surface area contributed by atoms with Crippen LogP contribution in [0.15, 0.2) is 28.8 Å². The summed E-state index contributed by atoms with van der Waals surface area (Å²) in [5.74, 6) is 3.64. The van der Waals surface area contributed by atoms with E-state index in [1.165, 1.54) is 0 Å². The Kier molecular flexibility index (Phi) is 4.25. The number of rotatable bonds is 5. The number of hydrogen-bond acceptors (Lipinski definition) is 5. The van der Waals surface area contributed by atoms with Crippen molar-refractivity contribution in [3.8, 4) is 17.2 Å². The molecule has 5 heteroatoms. The van der Waals surface area contributed by atoms with Gasteiger partial charge < -0.3 is 9.63 Å². The summed E-state index contributed by atoms with van der Waals surface area (Å²) in [5.41, 5.74) is 0.574. The van der Waals surface area contributed by atoms with E-state index in [0.717, 1.165) is 11.5 Å². The van der Waals surface area contributed by atoms with Crippen LogP contribution in [0.1, 0.15) is 19.7 Å². The molecule has 1 N–H and O–H groups in total. The van der Waals surface area contributed by atoms with E-state index in [9.17, 15) is 5.11 Å². The summed E-state index contributed by atoms with van der Waals surface area (Å²) in [5, 5.41) is 13.6. The Hall–Kier alpha value is -1.49. The van der Waals surface area contributed by atoms with E-state index < -0.39 is 0 Å². The minimum Gasteiger partial charge on any atom is -0.507 e. The SMILES string of the molecule is CC(C)CSCc1noc(-c2ccccc2O)n1. The predicted octanol–water partition coefficient (Wildman–Crippen LogP) is 3.33. The predicted molar refractivity (Wildman–Crippen MR) is 72.4 cm³/mol. The van der Waals surface area contributed by atoms with E-state index in [2.05, 4.69) is 24.0 Å². The molecule has 0 radical (unpaired) electrons. The molecule has 4 nitrogen and oxygen atoms in total. The first-order valence-electron chi connectivity index (χ1n) is 5.85. The minimum absolute atomic E-state index is 0.155. The second kappa shape index (κ2) is 5.91. The molecule has 0 unspecified atom stereocenters. The average molecular weight is 264 g/mol. The second-order valence-corrected chi connectivity index (χ2v) is 5.47. The van der Waals surface area contributed by atoms with Crippen LogP contribution in [0, 0.1) is 5.92 Å². The summed E-state index contributed by atoms with van der Waals surface area (Å²) in [7, 11) is 0. The fourth-order valence-electron chi connectivity index (χ4n) is 1.46. The first-order chi connectivity index (χ1) is 8.66. The first kappa shape index (κ1) is 13.0. The van der Waals surface area contributed by atoms with Crippen LogP contribution < -0.4 is 0 Å². The molecule has 0 bridgehead atoms. The van der Waals surface area contributed by atoms with Crippen molar-refractivity contribution in [2.75, 3.05) is 5.75 Å². The highest BCUT2D eigenvalue weighted by molar-refractivity contribution is 7.98. The topological polar surface area (TPSA) is 59.2 Å². The zero-order valence-corrected chi connectivity index (χ0v) is 11.3. The standard InChI is InChI=1S/C13H16N2O2S/c1-9(2)7-18-8-12-14-13(17-15-12)10-5-3-4-6-11(10)16/h3-6,9,16H,7-8H2,1-2H3. The van der Waals surface area contributed by atoms with Crippen molar-refractivity contribution in [3.05, 3.63) is 30.1 Å². The maximum absolute atomic E-state index is 9.69. The highest BCUT2D eigenvalue weighted by Crippen LogP contribution is 2.27. The lowest BCUT2D eigenvalue weighted by atomic mass is 10.2. The number of phenols is 1.